The number of nitrogens with zero attached hydrogens (tertiary/aromatic N) is 4. The van der Waals surface area contributed by atoms with Gasteiger partial charge in [-0.15, -0.1) is 0 Å². The van der Waals surface area contributed by atoms with Crippen LogP contribution in [-0.2, 0) is 6.54 Å². The summed E-state index contributed by atoms with van der Waals surface area (Å²) in [5, 5.41) is 4.90. The summed E-state index contributed by atoms with van der Waals surface area (Å²) in [5.41, 5.74) is 4.46. The predicted octanol–water partition coefficient (Wildman–Crippen LogP) is 4.26. The van der Waals surface area contributed by atoms with Crippen LogP contribution in [0.4, 0.5) is 0 Å². The summed E-state index contributed by atoms with van der Waals surface area (Å²) < 4.78 is 2.98. The van der Waals surface area contributed by atoms with Crippen LogP contribution in [0.15, 0.2) is 66.9 Å². The molecule has 0 spiro atoms. The van der Waals surface area contributed by atoms with Gasteiger partial charge in [-0.1, -0.05) is 72.5 Å². The van der Waals surface area contributed by atoms with Crippen molar-refractivity contribution in [1.82, 2.24) is 19.6 Å². The zero-order valence-electron chi connectivity index (χ0n) is 15.3. The SMILES string of the molecule is CN(Cc1cn(-c2ccccc2)nc1-c1ccccc1)CN1CCSC1=S. The van der Waals surface area contributed by atoms with Crippen molar-refractivity contribution < 1.29 is 0 Å². The van der Waals surface area contributed by atoms with Crippen LogP contribution in [0.1, 0.15) is 5.56 Å². The van der Waals surface area contributed by atoms with E-state index < -0.39 is 0 Å². The Bertz CT molecular complexity index is 908. The van der Waals surface area contributed by atoms with E-state index in [9.17, 15) is 0 Å². The molecule has 1 aromatic heterocycles. The maximum atomic E-state index is 5.44. The van der Waals surface area contributed by atoms with Gasteiger partial charge in [-0.25, -0.2) is 4.68 Å². The molecule has 0 aliphatic carbocycles. The smallest absolute Gasteiger partial charge is 0.137 e. The predicted molar refractivity (Wildman–Crippen MR) is 117 cm³/mol. The van der Waals surface area contributed by atoms with Gasteiger partial charge in [-0.2, -0.15) is 5.10 Å². The van der Waals surface area contributed by atoms with Crippen molar-refractivity contribution in [3.05, 3.63) is 72.4 Å². The third-order valence-electron chi connectivity index (χ3n) is 4.56. The largest absolute Gasteiger partial charge is 0.344 e. The molecule has 138 valence electrons. The second-order valence-electron chi connectivity index (χ2n) is 6.68. The molecule has 1 aliphatic rings. The zero-order valence-corrected chi connectivity index (χ0v) is 16.9. The van der Waals surface area contributed by atoms with Crippen molar-refractivity contribution >= 4 is 28.3 Å². The normalized spacial score (nSPS) is 14.3. The van der Waals surface area contributed by atoms with E-state index in [-0.39, 0.29) is 0 Å². The Hall–Kier alpha value is -2.15. The van der Waals surface area contributed by atoms with E-state index in [4.69, 9.17) is 17.3 Å². The van der Waals surface area contributed by atoms with Crippen LogP contribution in [0, 0.1) is 0 Å². The van der Waals surface area contributed by atoms with E-state index in [0.717, 1.165) is 46.8 Å². The van der Waals surface area contributed by atoms with Crippen molar-refractivity contribution in [2.45, 2.75) is 6.54 Å². The highest BCUT2D eigenvalue weighted by molar-refractivity contribution is 8.23. The van der Waals surface area contributed by atoms with Gasteiger partial charge in [0.2, 0.25) is 0 Å². The third kappa shape index (κ3) is 4.24. The summed E-state index contributed by atoms with van der Waals surface area (Å²) in [6, 6.07) is 20.7. The fraction of sp³-hybridized carbons (Fsp3) is 0.238. The lowest BCUT2D eigenvalue weighted by molar-refractivity contribution is 0.229. The van der Waals surface area contributed by atoms with Gasteiger partial charge in [-0.05, 0) is 19.2 Å². The molecule has 2 aromatic carbocycles. The van der Waals surface area contributed by atoms with Crippen molar-refractivity contribution in [3.8, 4) is 16.9 Å². The Morgan fingerprint density at radius 1 is 1.07 bits per heavy atom. The Morgan fingerprint density at radius 2 is 1.78 bits per heavy atom. The molecular weight excluding hydrogens is 372 g/mol. The molecule has 0 amide bonds. The summed E-state index contributed by atoms with van der Waals surface area (Å²) in [6.07, 6.45) is 2.14. The fourth-order valence-corrected chi connectivity index (χ4v) is 4.48. The third-order valence-corrected chi connectivity index (χ3v) is 6.06. The van der Waals surface area contributed by atoms with Gasteiger partial charge in [-0.3, -0.25) is 4.90 Å². The van der Waals surface area contributed by atoms with Gasteiger partial charge in [0.25, 0.3) is 0 Å². The molecule has 3 aromatic rings. The minimum Gasteiger partial charge on any atom is -0.344 e. The number of rotatable bonds is 6. The molecule has 6 heteroatoms. The summed E-state index contributed by atoms with van der Waals surface area (Å²) >= 11 is 7.21. The molecule has 0 N–H and O–H groups in total. The lowest BCUT2D eigenvalue weighted by Crippen LogP contribution is -2.35. The van der Waals surface area contributed by atoms with Crippen LogP contribution in [0.25, 0.3) is 16.9 Å². The zero-order chi connectivity index (χ0) is 18.6. The minimum atomic E-state index is 0.820. The van der Waals surface area contributed by atoms with Crippen LogP contribution in [0.3, 0.4) is 0 Å². The summed E-state index contributed by atoms with van der Waals surface area (Å²) in [4.78, 5) is 4.57. The first-order chi connectivity index (χ1) is 13.2. The standard InChI is InChI=1S/C21H22N4S2/c1-23(16-24-12-13-27-21(24)26)14-18-15-25(19-10-6-3-7-11-19)22-20(18)17-8-4-2-5-9-17/h2-11,15H,12-14,16H2,1H3. The average molecular weight is 395 g/mol. The highest BCUT2D eigenvalue weighted by atomic mass is 32.2. The van der Waals surface area contributed by atoms with Crippen molar-refractivity contribution in [1.29, 1.82) is 0 Å². The van der Waals surface area contributed by atoms with Gasteiger partial charge in [0.15, 0.2) is 0 Å². The topological polar surface area (TPSA) is 24.3 Å². The van der Waals surface area contributed by atoms with Gasteiger partial charge in [0, 0.05) is 36.2 Å². The molecular formula is C21H22N4S2. The van der Waals surface area contributed by atoms with Crippen LogP contribution in [0.2, 0.25) is 0 Å². The Morgan fingerprint density at radius 3 is 2.44 bits per heavy atom. The summed E-state index contributed by atoms with van der Waals surface area (Å²) in [6.45, 7) is 2.69. The Kier molecular flexibility index (Phi) is 5.57. The molecule has 0 radical (unpaired) electrons. The van der Waals surface area contributed by atoms with E-state index in [1.807, 2.05) is 28.9 Å². The monoisotopic (exact) mass is 394 g/mol. The maximum absolute atomic E-state index is 5.44. The molecule has 0 bridgehead atoms. The molecule has 0 unspecified atom stereocenters. The van der Waals surface area contributed by atoms with E-state index in [1.54, 1.807) is 11.8 Å². The Balaban J connectivity index is 1.62. The molecule has 0 saturated carbocycles. The average Bonchev–Trinajstić information content (AvgIpc) is 3.30. The van der Waals surface area contributed by atoms with Gasteiger partial charge in [0.1, 0.15) is 4.32 Å². The first-order valence-electron chi connectivity index (χ1n) is 9.00. The van der Waals surface area contributed by atoms with Crippen LogP contribution < -0.4 is 0 Å². The first kappa shape index (κ1) is 18.2. The minimum absolute atomic E-state index is 0.820. The number of hydrogen-bond donors (Lipinski definition) is 0. The quantitative estimate of drug-likeness (QED) is 0.582. The number of benzene rings is 2. The number of aromatic nitrogens is 2. The van der Waals surface area contributed by atoms with Crippen LogP contribution in [-0.4, -0.2) is 49.9 Å². The number of hydrogen-bond acceptors (Lipinski definition) is 4. The van der Waals surface area contributed by atoms with Gasteiger partial charge < -0.3 is 4.90 Å². The van der Waals surface area contributed by atoms with E-state index in [2.05, 4.69) is 59.4 Å². The summed E-state index contributed by atoms with van der Waals surface area (Å²) in [5.74, 6) is 1.09. The lowest BCUT2D eigenvalue weighted by atomic mass is 10.1. The van der Waals surface area contributed by atoms with Crippen LogP contribution in [0.5, 0.6) is 0 Å². The Labute approximate surface area is 169 Å². The molecule has 4 rings (SSSR count). The maximum Gasteiger partial charge on any atom is 0.137 e. The van der Waals surface area contributed by atoms with E-state index in [0.29, 0.717) is 0 Å². The number of thioether (sulfide) groups is 1. The number of para-hydroxylation sites is 1. The molecule has 1 fully saturated rings. The second-order valence-corrected chi connectivity index (χ2v) is 8.41. The second kappa shape index (κ2) is 8.25. The van der Waals surface area contributed by atoms with Crippen molar-refractivity contribution in [2.75, 3.05) is 26.0 Å². The summed E-state index contributed by atoms with van der Waals surface area (Å²) in [7, 11) is 2.14. The first-order valence-corrected chi connectivity index (χ1v) is 10.4. The molecule has 0 atom stereocenters. The van der Waals surface area contributed by atoms with E-state index >= 15 is 0 Å². The molecule has 1 saturated heterocycles. The fourth-order valence-electron chi connectivity index (χ4n) is 3.26. The highest BCUT2D eigenvalue weighted by Crippen LogP contribution is 2.25. The number of thiocarbonyl (C=S) groups is 1. The van der Waals surface area contributed by atoms with Crippen LogP contribution >= 0.6 is 24.0 Å². The molecule has 4 nitrogen and oxygen atoms in total. The molecule has 2 heterocycles. The van der Waals surface area contributed by atoms with Crippen molar-refractivity contribution in [3.63, 3.8) is 0 Å². The van der Waals surface area contributed by atoms with Crippen molar-refractivity contribution in [2.24, 2.45) is 0 Å². The van der Waals surface area contributed by atoms with E-state index in [1.165, 1.54) is 5.56 Å². The van der Waals surface area contributed by atoms with Gasteiger partial charge in [0.05, 0.1) is 18.1 Å². The highest BCUT2D eigenvalue weighted by Gasteiger charge is 2.20. The van der Waals surface area contributed by atoms with Gasteiger partial charge >= 0.3 is 0 Å². The molecule has 27 heavy (non-hydrogen) atoms. The lowest BCUT2D eigenvalue weighted by Gasteiger charge is -2.24. The molecule has 1 aliphatic heterocycles.